The summed E-state index contributed by atoms with van der Waals surface area (Å²) in [5, 5.41) is 0. The Hall–Kier alpha value is -0.780. The van der Waals surface area contributed by atoms with Crippen LogP contribution in [-0.2, 0) is 0 Å². The van der Waals surface area contributed by atoms with Crippen molar-refractivity contribution in [3.63, 3.8) is 0 Å². The molecule has 61 valence electrons. The molecule has 0 aromatic heterocycles. The lowest BCUT2D eigenvalue weighted by molar-refractivity contribution is 0.996. The highest BCUT2D eigenvalue weighted by Crippen LogP contribution is 2.09. The fourth-order valence-corrected chi connectivity index (χ4v) is 0.927. The summed E-state index contributed by atoms with van der Waals surface area (Å²) in [5.74, 6) is 0. The molecule has 0 aromatic rings. The summed E-state index contributed by atoms with van der Waals surface area (Å²) in [7, 11) is 0. The molecule has 0 aliphatic heterocycles. The Balaban J connectivity index is 3.84. The number of unbranched alkanes of at least 4 members (excludes halogenated alkanes) is 1. The van der Waals surface area contributed by atoms with Crippen molar-refractivity contribution in [1.82, 2.24) is 0 Å². The SMILES string of the molecule is [CH2]CCC=C(CC=C)CC=C. The summed E-state index contributed by atoms with van der Waals surface area (Å²) in [6, 6.07) is 0. The van der Waals surface area contributed by atoms with Crippen molar-refractivity contribution in [2.45, 2.75) is 25.7 Å². The van der Waals surface area contributed by atoms with Crippen LogP contribution in [0.3, 0.4) is 0 Å². The molecule has 11 heavy (non-hydrogen) atoms. The van der Waals surface area contributed by atoms with Crippen molar-refractivity contribution >= 4 is 0 Å². The largest absolute Gasteiger partial charge is 0.103 e. The van der Waals surface area contributed by atoms with Gasteiger partial charge in [0, 0.05) is 0 Å². The fraction of sp³-hybridized carbons (Fsp3) is 0.364. The Bertz CT molecular complexity index is 128. The van der Waals surface area contributed by atoms with Crippen molar-refractivity contribution in [2.75, 3.05) is 0 Å². The molecule has 0 aromatic carbocycles. The molecule has 0 saturated heterocycles. The lowest BCUT2D eigenvalue weighted by Crippen LogP contribution is -1.79. The molecule has 0 bridgehead atoms. The number of hydrogen-bond acceptors (Lipinski definition) is 0. The molecule has 0 amide bonds. The van der Waals surface area contributed by atoms with Crippen LogP contribution in [0.2, 0.25) is 0 Å². The molecule has 0 rings (SSSR count). The number of allylic oxidation sites excluding steroid dienone is 4. The molecule has 0 N–H and O–H groups in total. The highest BCUT2D eigenvalue weighted by atomic mass is 14.0. The second-order valence-electron chi connectivity index (χ2n) is 2.49. The Labute approximate surface area is 70.3 Å². The third-order valence-corrected chi connectivity index (χ3v) is 1.45. The third kappa shape index (κ3) is 5.65. The van der Waals surface area contributed by atoms with E-state index in [0.717, 1.165) is 25.7 Å². The highest BCUT2D eigenvalue weighted by molar-refractivity contribution is 5.09. The van der Waals surface area contributed by atoms with Crippen LogP contribution in [0.1, 0.15) is 25.7 Å². The van der Waals surface area contributed by atoms with E-state index in [9.17, 15) is 0 Å². The van der Waals surface area contributed by atoms with E-state index in [1.807, 2.05) is 12.2 Å². The fourth-order valence-electron chi connectivity index (χ4n) is 0.927. The van der Waals surface area contributed by atoms with Crippen molar-refractivity contribution in [3.05, 3.63) is 43.9 Å². The van der Waals surface area contributed by atoms with Crippen LogP contribution < -0.4 is 0 Å². The van der Waals surface area contributed by atoms with Gasteiger partial charge in [-0.05, 0) is 25.7 Å². The monoisotopic (exact) mass is 149 g/mol. The van der Waals surface area contributed by atoms with E-state index >= 15 is 0 Å². The molecular weight excluding hydrogens is 132 g/mol. The molecule has 0 saturated carbocycles. The van der Waals surface area contributed by atoms with Gasteiger partial charge in [-0.3, -0.25) is 0 Å². The lowest BCUT2D eigenvalue weighted by atomic mass is 10.1. The van der Waals surface area contributed by atoms with Crippen molar-refractivity contribution in [1.29, 1.82) is 0 Å². The maximum atomic E-state index is 3.78. The van der Waals surface area contributed by atoms with E-state index in [-0.39, 0.29) is 0 Å². The second-order valence-corrected chi connectivity index (χ2v) is 2.49. The highest BCUT2D eigenvalue weighted by Gasteiger charge is 1.89. The van der Waals surface area contributed by atoms with Crippen molar-refractivity contribution < 1.29 is 0 Å². The third-order valence-electron chi connectivity index (χ3n) is 1.45. The van der Waals surface area contributed by atoms with Crippen LogP contribution in [-0.4, -0.2) is 0 Å². The minimum Gasteiger partial charge on any atom is -0.103 e. The number of hydrogen-bond donors (Lipinski definition) is 0. The Morgan fingerprint density at radius 2 is 1.64 bits per heavy atom. The first-order valence-corrected chi connectivity index (χ1v) is 4.04. The summed E-state index contributed by atoms with van der Waals surface area (Å²) < 4.78 is 0. The van der Waals surface area contributed by atoms with Crippen LogP contribution in [0.25, 0.3) is 0 Å². The van der Waals surface area contributed by atoms with Gasteiger partial charge >= 0.3 is 0 Å². The molecule has 0 aliphatic rings. The van der Waals surface area contributed by atoms with Crippen molar-refractivity contribution in [3.8, 4) is 0 Å². The summed E-state index contributed by atoms with van der Waals surface area (Å²) in [4.78, 5) is 0. The molecule has 0 fully saturated rings. The Morgan fingerprint density at radius 3 is 2.00 bits per heavy atom. The van der Waals surface area contributed by atoms with Crippen LogP contribution in [0.5, 0.6) is 0 Å². The maximum Gasteiger partial charge on any atom is -0.0138 e. The molecular formula is C11H17. The van der Waals surface area contributed by atoms with Crippen LogP contribution in [0.15, 0.2) is 37.0 Å². The smallest absolute Gasteiger partial charge is 0.0138 e. The molecule has 0 nitrogen and oxygen atoms in total. The lowest BCUT2D eigenvalue weighted by Gasteiger charge is -1.99. The van der Waals surface area contributed by atoms with E-state index < -0.39 is 0 Å². The van der Waals surface area contributed by atoms with Crippen LogP contribution >= 0.6 is 0 Å². The predicted octanol–water partition coefficient (Wildman–Crippen LogP) is 3.68. The average molecular weight is 149 g/mol. The van der Waals surface area contributed by atoms with Gasteiger partial charge in [-0.2, -0.15) is 0 Å². The van der Waals surface area contributed by atoms with Gasteiger partial charge in [-0.15, -0.1) is 13.2 Å². The van der Waals surface area contributed by atoms with Crippen LogP contribution in [0, 0.1) is 6.92 Å². The molecule has 0 unspecified atom stereocenters. The van der Waals surface area contributed by atoms with E-state index in [0.29, 0.717) is 0 Å². The molecule has 0 spiro atoms. The molecule has 1 radical (unpaired) electrons. The van der Waals surface area contributed by atoms with Gasteiger partial charge in [-0.1, -0.05) is 30.7 Å². The van der Waals surface area contributed by atoms with Gasteiger partial charge in [-0.25, -0.2) is 0 Å². The topological polar surface area (TPSA) is 0 Å². The zero-order chi connectivity index (χ0) is 8.53. The molecule has 0 heterocycles. The molecule has 0 atom stereocenters. The number of rotatable bonds is 6. The first-order valence-electron chi connectivity index (χ1n) is 4.04. The van der Waals surface area contributed by atoms with E-state index in [2.05, 4.69) is 26.2 Å². The van der Waals surface area contributed by atoms with Gasteiger partial charge in [0.2, 0.25) is 0 Å². The minimum absolute atomic E-state index is 0.970. The van der Waals surface area contributed by atoms with E-state index in [1.165, 1.54) is 5.57 Å². The van der Waals surface area contributed by atoms with Gasteiger partial charge in [0.25, 0.3) is 0 Å². The van der Waals surface area contributed by atoms with Gasteiger partial charge in [0.05, 0.1) is 0 Å². The van der Waals surface area contributed by atoms with Gasteiger partial charge in [0.1, 0.15) is 0 Å². The van der Waals surface area contributed by atoms with Crippen molar-refractivity contribution in [2.24, 2.45) is 0 Å². The normalized spacial score (nSPS) is 8.82. The minimum atomic E-state index is 0.970. The maximum absolute atomic E-state index is 3.78. The quantitative estimate of drug-likeness (QED) is 0.505. The standard InChI is InChI=1S/C11H17/c1-4-7-10-11(8-5-2)9-6-3/h5-6,10H,1-4,7-9H2. The zero-order valence-corrected chi connectivity index (χ0v) is 7.18. The molecule has 0 aliphatic carbocycles. The van der Waals surface area contributed by atoms with E-state index in [1.54, 1.807) is 0 Å². The first kappa shape index (κ1) is 10.2. The summed E-state index contributed by atoms with van der Waals surface area (Å²) >= 11 is 0. The second kappa shape index (κ2) is 7.33. The molecule has 0 heteroatoms. The summed E-state index contributed by atoms with van der Waals surface area (Å²) in [5.41, 5.74) is 1.40. The van der Waals surface area contributed by atoms with Gasteiger partial charge < -0.3 is 0 Å². The first-order chi connectivity index (χ1) is 5.35. The predicted molar refractivity (Wildman–Crippen MR) is 52.3 cm³/mol. The van der Waals surface area contributed by atoms with Crippen LogP contribution in [0.4, 0.5) is 0 Å². The Morgan fingerprint density at radius 1 is 1.09 bits per heavy atom. The summed E-state index contributed by atoms with van der Waals surface area (Å²) in [6.07, 6.45) is 10.1. The van der Waals surface area contributed by atoms with Gasteiger partial charge in [0.15, 0.2) is 0 Å². The zero-order valence-electron chi connectivity index (χ0n) is 7.18. The summed E-state index contributed by atoms with van der Waals surface area (Å²) in [6.45, 7) is 11.2. The average Bonchev–Trinajstić information content (AvgIpc) is 2.01. The van der Waals surface area contributed by atoms with E-state index in [4.69, 9.17) is 0 Å². The Kier molecular flexibility index (Phi) is 6.81.